The molecular formula is C37H41ClFN7O. The number of hydrogen-bond donors (Lipinski definition) is 1. The minimum Gasteiger partial charge on any atom is -0.336 e. The summed E-state index contributed by atoms with van der Waals surface area (Å²) in [6.45, 7) is 7.13. The molecule has 2 fully saturated rings. The van der Waals surface area contributed by atoms with E-state index in [1.807, 2.05) is 35.2 Å². The van der Waals surface area contributed by atoms with E-state index >= 15 is 0 Å². The Labute approximate surface area is 281 Å². The lowest BCUT2D eigenvalue weighted by atomic mass is 9.95. The van der Waals surface area contributed by atoms with E-state index in [-0.39, 0.29) is 19.2 Å². The number of aliphatic imine (C=N–C) groups is 1. The van der Waals surface area contributed by atoms with Crippen molar-refractivity contribution in [3.63, 3.8) is 0 Å². The van der Waals surface area contributed by atoms with Crippen LogP contribution in [0.4, 0.5) is 16.0 Å². The number of likely N-dealkylation sites (tertiary alicyclic amines) is 1. The molecule has 0 bridgehead atoms. The van der Waals surface area contributed by atoms with Gasteiger partial charge in [-0.2, -0.15) is 0 Å². The maximum atomic E-state index is 14.8. The molecule has 47 heavy (non-hydrogen) atoms. The van der Waals surface area contributed by atoms with Crippen LogP contribution in [0.2, 0.25) is 5.02 Å². The van der Waals surface area contributed by atoms with E-state index in [1.165, 1.54) is 32.0 Å². The van der Waals surface area contributed by atoms with Crippen LogP contribution >= 0.6 is 11.6 Å². The Balaban J connectivity index is 0.00000386. The normalized spacial score (nSPS) is 18.3. The molecule has 244 valence electrons. The van der Waals surface area contributed by atoms with E-state index < -0.39 is 0 Å². The smallest absolute Gasteiger partial charge is 0.253 e. The predicted octanol–water partition coefficient (Wildman–Crippen LogP) is 6.77. The van der Waals surface area contributed by atoms with E-state index in [4.69, 9.17) is 21.6 Å². The molecule has 7 rings (SSSR count). The largest absolute Gasteiger partial charge is 0.336 e. The molecule has 1 unspecified atom stereocenters. The lowest BCUT2D eigenvalue weighted by molar-refractivity contribution is 0.0588. The Kier molecular flexibility index (Phi) is 9.96. The van der Waals surface area contributed by atoms with Crippen molar-refractivity contribution in [2.45, 2.75) is 26.8 Å². The van der Waals surface area contributed by atoms with Crippen molar-refractivity contribution in [3.05, 3.63) is 106 Å². The second kappa shape index (κ2) is 14.3. The number of hydrogen-bond acceptors (Lipinski definition) is 7. The zero-order chi connectivity index (χ0) is 31.6. The van der Waals surface area contributed by atoms with Crippen molar-refractivity contribution >= 4 is 34.9 Å². The van der Waals surface area contributed by atoms with Crippen LogP contribution in [0.5, 0.6) is 0 Å². The summed E-state index contributed by atoms with van der Waals surface area (Å²) in [7, 11) is 2.21. The third kappa shape index (κ3) is 7.22. The topological polar surface area (TPSA) is 77.0 Å². The van der Waals surface area contributed by atoms with Gasteiger partial charge in [0.15, 0.2) is 0 Å². The van der Waals surface area contributed by atoms with E-state index in [2.05, 4.69) is 27.1 Å². The van der Waals surface area contributed by atoms with Gasteiger partial charge in [-0.05, 0) is 80.9 Å². The second-order valence-corrected chi connectivity index (χ2v) is 12.9. The van der Waals surface area contributed by atoms with Gasteiger partial charge in [0.05, 0.1) is 18.0 Å². The second-order valence-electron chi connectivity index (χ2n) is 12.5. The first-order chi connectivity index (χ1) is 22.4. The molecule has 0 radical (unpaired) electrons. The number of piperidine rings is 1. The highest BCUT2D eigenvalue weighted by molar-refractivity contribution is 6.31. The van der Waals surface area contributed by atoms with Crippen molar-refractivity contribution in [3.8, 4) is 11.3 Å². The number of rotatable bonds is 6. The third-order valence-corrected chi connectivity index (χ3v) is 9.41. The number of halogens is 2. The quantitative estimate of drug-likeness (QED) is 0.248. The lowest BCUT2D eigenvalue weighted by Crippen LogP contribution is -2.50. The third-order valence-electron chi connectivity index (χ3n) is 9.18. The summed E-state index contributed by atoms with van der Waals surface area (Å²) in [6.07, 6.45) is 4.33. The molecule has 2 saturated heterocycles. The molecule has 0 saturated carbocycles. The molecule has 1 aromatic heterocycles. The number of nitrogens with zero attached hydrogens (tertiary/aromatic N) is 6. The van der Waals surface area contributed by atoms with Crippen LogP contribution in [0.25, 0.3) is 11.3 Å². The van der Waals surface area contributed by atoms with E-state index in [0.717, 1.165) is 55.5 Å². The molecule has 1 N–H and O–H groups in total. The highest BCUT2D eigenvalue weighted by Crippen LogP contribution is 2.34. The van der Waals surface area contributed by atoms with E-state index in [1.54, 1.807) is 36.5 Å². The molecule has 1 amide bonds. The summed E-state index contributed by atoms with van der Waals surface area (Å²) in [4.78, 5) is 34.4. The highest BCUT2D eigenvalue weighted by Gasteiger charge is 2.26. The van der Waals surface area contributed by atoms with Crippen LogP contribution in [0.15, 0.2) is 77.9 Å². The van der Waals surface area contributed by atoms with Crippen LogP contribution in [0.3, 0.4) is 0 Å². The minimum atomic E-state index is -0.348. The maximum absolute atomic E-state index is 14.8. The number of carbonyl (C=O) groups excluding carboxylic acids is 1. The first-order valence-corrected chi connectivity index (χ1v) is 16.3. The summed E-state index contributed by atoms with van der Waals surface area (Å²) in [5.41, 5.74) is 5.43. The number of aromatic nitrogens is 2. The van der Waals surface area contributed by atoms with Gasteiger partial charge in [0.25, 0.3) is 5.91 Å². The lowest BCUT2D eigenvalue weighted by Gasteiger charge is -2.38. The van der Waals surface area contributed by atoms with Gasteiger partial charge >= 0.3 is 0 Å². The van der Waals surface area contributed by atoms with Gasteiger partial charge in [-0.3, -0.25) is 14.7 Å². The molecule has 3 aliphatic heterocycles. The maximum Gasteiger partial charge on any atom is 0.253 e. The van der Waals surface area contributed by atoms with Crippen LogP contribution in [0, 0.1) is 11.7 Å². The SMILES string of the molecule is C.CN1CCCC(CN2CCN(C(=O)c3ccc(Nc4ncc5c(n4)-c4ccc(Cl)cc4C(c4ccccc4F)=NC5)cc3)CC2)C1. The van der Waals surface area contributed by atoms with Gasteiger partial charge in [-0.1, -0.05) is 37.2 Å². The number of piperazine rings is 1. The number of fused-ring (bicyclic) bond motifs is 3. The van der Waals surface area contributed by atoms with Crippen molar-refractivity contribution < 1.29 is 9.18 Å². The molecule has 10 heteroatoms. The molecule has 0 aliphatic carbocycles. The summed E-state index contributed by atoms with van der Waals surface area (Å²) in [5, 5.41) is 3.81. The summed E-state index contributed by atoms with van der Waals surface area (Å²) < 4.78 is 14.8. The number of benzene rings is 3. The molecule has 0 spiro atoms. The standard InChI is InChI=1S/C36H37ClFN7O.CH4/c1-43-14-4-5-24(22-43)23-44-15-17-45(18-16-44)35(46)25-8-11-28(12-9-25)41-36-40-21-26-20-39-34(30-6-2-3-7-32(30)38)31-19-27(37)10-13-29(31)33(26)42-36;/h2-3,6-13,19,21,24H,4-5,14-18,20,22-23H2,1H3,(H,40,41,42);1H4. The zero-order valence-corrected chi connectivity index (χ0v) is 26.7. The number of amides is 1. The number of anilines is 2. The Bertz CT molecular complexity index is 1770. The number of carbonyl (C=O) groups is 1. The molecule has 4 aromatic rings. The average Bonchev–Trinajstić information content (AvgIpc) is 3.22. The Hall–Kier alpha value is -4.18. The van der Waals surface area contributed by atoms with Gasteiger partial charge in [0.1, 0.15) is 5.82 Å². The molecule has 3 aromatic carbocycles. The van der Waals surface area contributed by atoms with Crippen LogP contribution in [0.1, 0.15) is 47.3 Å². The Morgan fingerprint density at radius 1 is 0.979 bits per heavy atom. The van der Waals surface area contributed by atoms with E-state index in [9.17, 15) is 9.18 Å². The minimum absolute atomic E-state index is 0. The fourth-order valence-electron chi connectivity index (χ4n) is 6.80. The van der Waals surface area contributed by atoms with Crippen molar-refractivity contribution in [1.82, 2.24) is 24.7 Å². The monoisotopic (exact) mass is 653 g/mol. The average molecular weight is 654 g/mol. The van der Waals surface area contributed by atoms with E-state index in [0.29, 0.717) is 45.6 Å². The Morgan fingerprint density at radius 2 is 1.77 bits per heavy atom. The van der Waals surface area contributed by atoms with Gasteiger partial charge in [-0.25, -0.2) is 14.4 Å². The summed E-state index contributed by atoms with van der Waals surface area (Å²) in [6, 6.07) is 19.6. The Morgan fingerprint density at radius 3 is 2.53 bits per heavy atom. The molecular weight excluding hydrogens is 613 g/mol. The molecule has 3 aliphatic rings. The fourth-order valence-corrected chi connectivity index (χ4v) is 6.97. The first kappa shape index (κ1) is 32.7. The van der Waals surface area contributed by atoms with Gasteiger partial charge in [0.2, 0.25) is 5.95 Å². The van der Waals surface area contributed by atoms with Gasteiger partial charge in [0, 0.05) is 84.0 Å². The van der Waals surface area contributed by atoms with Gasteiger partial charge < -0.3 is 15.1 Å². The molecule has 4 heterocycles. The zero-order valence-electron chi connectivity index (χ0n) is 25.9. The van der Waals surface area contributed by atoms with Crippen LogP contribution in [-0.4, -0.2) is 89.1 Å². The first-order valence-electron chi connectivity index (χ1n) is 15.9. The fraction of sp³-hybridized carbons (Fsp3) is 0.351. The molecule has 1 atom stereocenters. The van der Waals surface area contributed by atoms with Crippen molar-refractivity contribution in [2.24, 2.45) is 10.9 Å². The summed E-state index contributed by atoms with van der Waals surface area (Å²) >= 11 is 6.40. The summed E-state index contributed by atoms with van der Waals surface area (Å²) in [5.74, 6) is 0.847. The van der Waals surface area contributed by atoms with Gasteiger partial charge in [-0.15, -0.1) is 0 Å². The van der Waals surface area contributed by atoms with Crippen molar-refractivity contribution in [1.29, 1.82) is 0 Å². The highest BCUT2D eigenvalue weighted by atomic mass is 35.5. The predicted molar refractivity (Wildman–Crippen MR) is 187 cm³/mol. The number of nitrogens with one attached hydrogen (secondary N) is 1. The van der Waals surface area contributed by atoms with Crippen LogP contribution < -0.4 is 5.32 Å². The van der Waals surface area contributed by atoms with Crippen molar-refractivity contribution in [2.75, 3.05) is 58.2 Å². The molecule has 8 nitrogen and oxygen atoms in total. The van der Waals surface area contributed by atoms with Crippen LogP contribution in [-0.2, 0) is 6.54 Å².